The van der Waals surface area contributed by atoms with E-state index in [0.717, 1.165) is 13.1 Å². The Morgan fingerprint density at radius 3 is 1.41 bits per heavy atom. The van der Waals surface area contributed by atoms with Crippen LogP contribution in [0.15, 0.2) is 27.6 Å². The summed E-state index contributed by atoms with van der Waals surface area (Å²) in [5.74, 6) is 0. The number of hydrogen-bond donors (Lipinski definition) is 0. The molecule has 0 fully saturated rings. The van der Waals surface area contributed by atoms with Gasteiger partial charge in [-0.1, -0.05) is 95.2 Å². The van der Waals surface area contributed by atoms with E-state index in [2.05, 4.69) is 121 Å². The van der Waals surface area contributed by atoms with Gasteiger partial charge in [-0.2, -0.15) is 0 Å². The van der Waals surface area contributed by atoms with Crippen LogP contribution in [0.3, 0.4) is 0 Å². The molecule has 0 unspecified atom stereocenters. The lowest BCUT2D eigenvalue weighted by molar-refractivity contribution is 0.411. The summed E-state index contributed by atoms with van der Waals surface area (Å²) in [6.45, 7) is 37.3. The number of nitrogens with zero attached hydrogens (tertiary/aromatic N) is 2. The lowest BCUT2D eigenvalue weighted by atomic mass is 9.74. The molecule has 0 aromatic heterocycles. The Morgan fingerprint density at radius 1 is 0.719 bits per heavy atom. The fraction of sp³-hybridized carbons (Fsp3) is 0.724. The van der Waals surface area contributed by atoms with Crippen molar-refractivity contribution in [2.24, 2.45) is 4.74 Å². The van der Waals surface area contributed by atoms with Gasteiger partial charge in [-0.25, -0.2) is 0 Å². The van der Waals surface area contributed by atoms with E-state index in [1.807, 2.05) is 0 Å². The van der Waals surface area contributed by atoms with Crippen LogP contribution in [-0.2, 0) is 16.2 Å². The van der Waals surface area contributed by atoms with Gasteiger partial charge < -0.3 is 4.90 Å². The van der Waals surface area contributed by atoms with Crippen LogP contribution >= 0.6 is 7.05 Å². The fourth-order valence-electron chi connectivity index (χ4n) is 4.85. The van der Waals surface area contributed by atoms with E-state index in [1.54, 1.807) is 10.8 Å². The summed E-state index contributed by atoms with van der Waals surface area (Å²) >= 11 is 0. The highest BCUT2D eigenvalue weighted by Crippen LogP contribution is 2.87. The second-order valence-corrected chi connectivity index (χ2v) is 17.6. The Morgan fingerprint density at radius 2 is 1.12 bits per heavy atom. The first-order valence-electron chi connectivity index (χ1n) is 12.5. The lowest BCUT2D eigenvalue weighted by Gasteiger charge is -2.35. The molecule has 182 valence electrons. The van der Waals surface area contributed by atoms with Crippen molar-refractivity contribution < 1.29 is 0 Å². The van der Waals surface area contributed by atoms with E-state index in [0.29, 0.717) is 0 Å². The first kappa shape index (κ1) is 27.2. The zero-order chi connectivity index (χ0) is 25.1. The van der Waals surface area contributed by atoms with Crippen molar-refractivity contribution >= 4 is 12.7 Å². The summed E-state index contributed by atoms with van der Waals surface area (Å²) < 4.78 is 5.90. The summed E-state index contributed by atoms with van der Waals surface area (Å²) in [5.41, 5.74) is 7.20. The van der Waals surface area contributed by atoms with E-state index in [9.17, 15) is 0 Å². The van der Waals surface area contributed by atoms with E-state index in [1.165, 1.54) is 22.4 Å². The summed E-state index contributed by atoms with van der Waals surface area (Å²) in [7, 11) is -1.75. The van der Waals surface area contributed by atoms with E-state index in [4.69, 9.17) is 4.74 Å². The second-order valence-electron chi connectivity index (χ2n) is 13.7. The van der Waals surface area contributed by atoms with Crippen LogP contribution in [-0.4, -0.2) is 23.1 Å². The van der Waals surface area contributed by atoms with Crippen molar-refractivity contribution in [1.82, 2.24) is 4.90 Å². The maximum absolute atomic E-state index is 5.90. The zero-order valence-electron chi connectivity index (χ0n) is 23.9. The predicted molar refractivity (Wildman–Crippen MR) is 147 cm³/mol. The second kappa shape index (κ2) is 8.33. The molecule has 0 saturated carbocycles. The van der Waals surface area contributed by atoms with Crippen LogP contribution in [0.2, 0.25) is 0 Å². The highest BCUT2D eigenvalue weighted by molar-refractivity contribution is 7.83. The van der Waals surface area contributed by atoms with Gasteiger partial charge in [0.2, 0.25) is 0 Å². The third-order valence-corrected chi connectivity index (χ3v) is 11.6. The molecule has 1 aliphatic rings. The topological polar surface area (TPSA) is 15.6 Å². The SMILES string of the molecule is CCN(CC)C1=C(C)[P@]1(=Nc1c(C(C)(C)C)cc(C(C)(C)C)cc1C(C)(C)C)C(C)(C)C. The van der Waals surface area contributed by atoms with Crippen LogP contribution in [0.1, 0.15) is 121 Å². The van der Waals surface area contributed by atoms with Crippen molar-refractivity contribution in [3.8, 4) is 0 Å². The van der Waals surface area contributed by atoms with Gasteiger partial charge in [0.25, 0.3) is 0 Å². The monoisotopic (exact) mass is 458 g/mol. The van der Waals surface area contributed by atoms with Crippen molar-refractivity contribution in [3.63, 3.8) is 0 Å². The first-order valence-corrected chi connectivity index (χ1v) is 14.3. The van der Waals surface area contributed by atoms with Gasteiger partial charge in [0, 0.05) is 18.2 Å². The fourth-order valence-corrected chi connectivity index (χ4v) is 9.33. The molecule has 1 aromatic carbocycles. The third kappa shape index (κ3) is 4.77. The average molecular weight is 459 g/mol. The van der Waals surface area contributed by atoms with Crippen LogP contribution < -0.4 is 0 Å². The molecular weight excluding hydrogens is 407 g/mol. The largest absolute Gasteiger partial charge is 0.370 e. The predicted octanol–water partition coefficient (Wildman–Crippen LogP) is 9.75. The normalized spacial score (nSPS) is 20.0. The van der Waals surface area contributed by atoms with Crippen molar-refractivity contribution in [1.29, 1.82) is 0 Å². The molecule has 3 heteroatoms. The summed E-state index contributed by atoms with van der Waals surface area (Å²) in [5, 5.41) is 1.68. The molecule has 1 atom stereocenters. The van der Waals surface area contributed by atoms with Gasteiger partial charge in [-0.3, -0.25) is 4.74 Å². The standard InChI is InChI=1S/C29H51N2P/c1-16-31(17-2)25-20(3)32(25,29(13,14)15)30-24-22(27(7,8)9)18-21(26(4,5)6)19-23(24)28(10,11)12/h18-19H,16-17H2,1-15H3/t32-/m1/s1. The molecule has 1 aliphatic heterocycles. The highest BCUT2D eigenvalue weighted by atomic mass is 31.2. The Balaban J connectivity index is 3.03. The Kier molecular flexibility index (Phi) is 7.09. The van der Waals surface area contributed by atoms with Crippen molar-refractivity contribution in [2.75, 3.05) is 13.1 Å². The third-order valence-electron chi connectivity index (χ3n) is 6.94. The van der Waals surface area contributed by atoms with E-state index in [-0.39, 0.29) is 21.4 Å². The smallest absolute Gasteiger partial charge is 0.0696 e. The van der Waals surface area contributed by atoms with Crippen LogP contribution in [0, 0.1) is 0 Å². The molecule has 1 aromatic rings. The minimum Gasteiger partial charge on any atom is -0.370 e. The van der Waals surface area contributed by atoms with Crippen molar-refractivity contribution in [3.05, 3.63) is 39.6 Å². The Labute approximate surface area is 200 Å². The molecule has 0 spiro atoms. The van der Waals surface area contributed by atoms with E-state index < -0.39 is 7.05 Å². The van der Waals surface area contributed by atoms with Gasteiger partial charge in [0.05, 0.1) is 18.2 Å². The summed E-state index contributed by atoms with van der Waals surface area (Å²) in [4.78, 5) is 2.56. The van der Waals surface area contributed by atoms with Crippen LogP contribution in [0.4, 0.5) is 5.69 Å². The quantitative estimate of drug-likeness (QED) is 0.410. The van der Waals surface area contributed by atoms with Gasteiger partial charge in [-0.15, -0.1) is 0 Å². The van der Waals surface area contributed by atoms with E-state index >= 15 is 0 Å². The molecule has 0 N–H and O–H groups in total. The first-order chi connectivity index (χ1) is 14.2. The number of allylic oxidation sites excluding steroid dienone is 1. The van der Waals surface area contributed by atoms with Gasteiger partial charge in [0.15, 0.2) is 0 Å². The lowest BCUT2D eigenvalue weighted by Crippen LogP contribution is -2.22. The number of rotatable bonds is 4. The zero-order valence-corrected chi connectivity index (χ0v) is 24.8. The van der Waals surface area contributed by atoms with Crippen molar-refractivity contribution in [2.45, 2.75) is 125 Å². The van der Waals surface area contributed by atoms with Gasteiger partial charge >= 0.3 is 0 Å². The summed E-state index contributed by atoms with van der Waals surface area (Å²) in [6, 6.07) is 4.92. The minimum absolute atomic E-state index is 0.0290. The molecule has 0 aliphatic carbocycles. The minimum atomic E-state index is -1.75. The molecule has 0 radical (unpaired) electrons. The molecule has 0 bridgehead atoms. The number of benzene rings is 1. The van der Waals surface area contributed by atoms with Crippen LogP contribution in [0.25, 0.3) is 0 Å². The molecule has 0 amide bonds. The molecular formula is C29H51N2P. The molecule has 2 rings (SSSR count). The molecule has 32 heavy (non-hydrogen) atoms. The summed E-state index contributed by atoms with van der Waals surface area (Å²) in [6.07, 6.45) is 0. The Bertz CT molecular complexity index is 912. The molecule has 2 nitrogen and oxygen atoms in total. The number of hydrogen-bond acceptors (Lipinski definition) is 2. The maximum atomic E-state index is 5.90. The highest BCUT2D eigenvalue weighted by Gasteiger charge is 2.54. The molecule has 1 heterocycles. The van der Waals surface area contributed by atoms with Crippen LogP contribution in [0.5, 0.6) is 0 Å². The van der Waals surface area contributed by atoms with Gasteiger partial charge in [-0.05, 0) is 59.0 Å². The molecule has 0 saturated heterocycles. The van der Waals surface area contributed by atoms with Gasteiger partial charge in [0.1, 0.15) is 0 Å². The Hall–Kier alpha value is -1.01. The average Bonchev–Trinajstić information content (AvgIpc) is 3.18. The maximum Gasteiger partial charge on any atom is 0.0696 e.